The third kappa shape index (κ3) is 3.45. The molecule has 0 amide bonds. The first kappa shape index (κ1) is 13.8. The van der Waals surface area contributed by atoms with E-state index in [0.29, 0.717) is 18.2 Å². The molecule has 1 aromatic heterocycles. The molecule has 2 aromatic rings. The van der Waals surface area contributed by atoms with Gasteiger partial charge in [-0.25, -0.2) is 4.98 Å². The summed E-state index contributed by atoms with van der Waals surface area (Å²) >= 11 is 3.41. The van der Waals surface area contributed by atoms with E-state index < -0.39 is 0 Å². The molecule has 4 nitrogen and oxygen atoms in total. The van der Waals surface area contributed by atoms with E-state index in [1.165, 1.54) is 0 Å². The summed E-state index contributed by atoms with van der Waals surface area (Å²) in [6, 6.07) is 11.0. The number of para-hydroxylation sites is 1. The largest absolute Gasteiger partial charge is 0.486 e. The summed E-state index contributed by atoms with van der Waals surface area (Å²) in [4.78, 5) is 4.27. The maximum atomic E-state index is 9.29. The van der Waals surface area contributed by atoms with Crippen LogP contribution in [0.5, 0.6) is 11.6 Å². The molecule has 2 rings (SSSR count). The van der Waals surface area contributed by atoms with Gasteiger partial charge in [0.05, 0.1) is 23.9 Å². The second kappa shape index (κ2) is 6.54. The molecule has 19 heavy (non-hydrogen) atoms. The van der Waals surface area contributed by atoms with E-state index in [2.05, 4.69) is 20.9 Å². The Kier molecular flexibility index (Phi) is 4.76. The quantitative estimate of drug-likeness (QED) is 0.919. The maximum Gasteiger partial charge on any atom is 0.213 e. The van der Waals surface area contributed by atoms with Crippen molar-refractivity contribution in [2.45, 2.75) is 13.2 Å². The molecule has 0 aliphatic rings. The normalized spacial score (nSPS) is 10.3. The lowest BCUT2D eigenvalue weighted by Gasteiger charge is -2.12. The van der Waals surface area contributed by atoms with Crippen LogP contribution in [0.4, 0.5) is 0 Å². The fourth-order valence-corrected chi connectivity index (χ4v) is 2.16. The molecule has 0 saturated heterocycles. The van der Waals surface area contributed by atoms with Crippen LogP contribution in [0.1, 0.15) is 11.3 Å². The summed E-state index contributed by atoms with van der Waals surface area (Å²) in [6.45, 7) is 0.243. The lowest BCUT2D eigenvalue weighted by molar-refractivity contribution is 0.256. The number of hydrogen-bond donors (Lipinski definition) is 1. The van der Waals surface area contributed by atoms with Crippen LogP contribution in [0, 0.1) is 0 Å². The first-order valence-corrected chi connectivity index (χ1v) is 6.55. The van der Waals surface area contributed by atoms with Gasteiger partial charge in [-0.3, -0.25) is 0 Å². The van der Waals surface area contributed by atoms with Gasteiger partial charge in [0.2, 0.25) is 5.88 Å². The Bertz CT molecular complexity index is 560. The van der Waals surface area contributed by atoms with E-state index in [-0.39, 0.29) is 6.61 Å². The highest BCUT2D eigenvalue weighted by atomic mass is 79.9. The van der Waals surface area contributed by atoms with Gasteiger partial charge in [0.25, 0.3) is 0 Å². The van der Waals surface area contributed by atoms with E-state index >= 15 is 0 Å². The van der Waals surface area contributed by atoms with E-state index in [1.54, 1.807) is 13.2 Å². The number of benzene rings is 1. The molecule has 0 fully saturated rings. The van der Waals surface area contributed by atoms with Gasteiger partial charge in [0.1, 0.15) is 12.4 Å². The minimum absolute atomic E-state index is 0.0691. The molecule has 100 valence electrons. The molecule has 0 aliphatic carbocycles. The fourth-order valence-electron chi connectivity index (χ4n) is 1.64. The van der Waals surface area contributed by atoms with Crippen LogP contribution in [-0.2, 0) is 13.2 Å². The molecular weight excluding hydrogens is 310 g/mol. The highest BCUT2D eigenvalue weighted by molar-refractivity contribution is 9.10. The molecule has 1 heterocycles. The van der Waals surface area contributed by atoms with Gasteiger partial charge >= 0.3 is 0 Å². The summed E-state index contributed by atoms with van der Waals surface area (Å²) in [5, 5.41) is 9.29. The summed E-state index contributed by atoms with van der Waals surface area (Å²) < 4.78 is 11.6. The molecular formula is C14H14BrNO3. The van der Waals surface area contributed by atoms with Crippen LogP contribution in [0.3, 0.4) is 0 Å². The predicted octanol–water partition coefficient (Wildman–Crippen LogP) is 2.92. The average Bonchev–Trinajstić information content (AvgIpc) is 2.46. The predicted molar refractivity (Wildman–Crippen MR) is 75.2 cm³/mol. The molecule has 5 heteroatoms. The SMILES string of the molecule is COc1cccc(COc2c(Br)cccc2CO)n1. The Hall–Kier alpha value is -1.59. The van der Waals surface area contributed by atoms with Crippen molar-refractivity contribution in [2.24, 2.45) is 0 Å². The third-order valence-electron chi connectivity index (χ3n) is 2.57. The van der Waals surface area contributed by atoms with Crippen molar-refractivity contribution in [3.05, 3.63) is 52.1 Å². The van der Waals surface area contributed by atoms with E-state index in [0.717, 1.165) is 15.7 Å². The van der Waals surface area contributed by atoms with Gasteiger partial charge in [-0.2, -0.15) is 0 Å². The zero-order valence-electron chi connectivity index (χ0n) is 10.5. The second-order valence-corrected chi connectivity index (χ2v) is 4.70. The van der Waals surface area contributed by atoms with Gasteiger partial charge in [-0.1, -0.05) is 18.2 Å². The van der Waals surface area contributed by atoms with Crippen molar-refractivity contribution in [2.75, 3.05) is 7.11 Å². The Morgan fingerprint density at radius 1 is 1.21 bits per heavy atom. The molecule has 0 spiro atoms. The number of pyridine rings is 1. The Balaban J connectivity index is 2.14. The van der Waals surface area contributed by atoms with E-state index in [9.17, 15) is 5.11 Å². The van der Waals surface area contributed by atoms with Crippen molar-refractivity contribution in [3.8, 4) is 11.6 Å². The fraction of sp³-hybridized carbons (Fsp3) is 0.214. The first-order chi connectivity index (χ1) is 9.24. The molecule has 1 N–H and O–H groups in total. The van der Waals surface area contributed by atoms with Crippen LogP contribution in [0.15, 0.2) is 40.9 Å². The van der Waals surface area contributed by atoms with E-state index in [4.69, 9.17) is 9.47 Å². The van der Waals surface area contributed by atoms with Crippen molar-refractivity contribution in [1.82, 2.24) is 4.98 Å². The van der Waals surface area contributed by atoms with Crippen LogP contribution < -0.4 is 9.47 Å². The number of aromatic nitrogens is 1. The van der Waals surface area contributed by atoms with Gasteiger partial charge in [-0.05, 0) is 28.1 Å². The molecule has 0 saturated carbocycles. The molecule has 0 atom stereocenters. The topological polar surface area (TPSA) is 51.6 Å². The molecule has 0 aliphatic heterocycles. The minimum Gasteiger partial charge on any atom is -0.486 e. The van der Waals surface area contributed by atoms with Crippen molar-refractivity contribution in [1.29, 1.82) is 0 Å². The van der Waals surface area contributed by atoms with Crippen LogP contribution in [0.2, 0.25) is 0 Å². The molecule has 0 bridgehead atoms. The highest BCUT2D eigenvalue weighted by Gasteiger charge is 2.08. The molecule has 1 aromatic carbocycles. The first-order valence-electron chi connectivity index (χ1n) is 5.75. The second-order valence-electron chi connectivity index (χ2n) is 3.85. The van der Waals surface area contributed by atoms with Gasteiger partial charge in [0.15, 0.2) is 0 Å². The van der Waals surface area contributed by atoms with Gasteiger partial charge < -0.3 is 14.6 Å². The summed E-state index contributed by atoms with van der Waals surface area (Å²) in [5.74, 6) is 1.19. The summed E-state index contributed by atoms with van der Waals surface area (Å²) in [5.41, 5.74) is 1.50. The van der Waals surface area contributed by atoms with Gasteiger partial charge in [-0.15, -0.1) is 0 Å². The monoisotopic (exact) mass is 323 g/mol. The van der Waals surface area contributed by atoms with E-state index in [1.807, 2.05) is 30.3 Å². The maximum absolute atomic E-state index is 9.29. The Morgan fingerprint density at radius 2 is 2.00 bits per heavy atom. The lowest BCUT2D eigenvalue weighted by Crippen LogP contribution is -2.02. The van der Waals surface area contributed by atoms with Crippen LogP contribution in [0.25, 0.3) is 0 Å². The number of aliphatic hydroxyl groups is 1. The zero-order valence-corrected chi connectivity index (χ0v) is 12.1. The van der Waals surface area contributed by atoms with Gasteiger partial charge in [0, 0.05) is 11.6 Å². The standard InChI is InChI=1S/C14H14BrNO3/c1-18-13-7-3-5-11(16-13)9-19-14-10(8-17)4-2-6-12(14)15/h2-7,17H,8-9H2,1H3. The number of halogens is 1. The smallest absolute Gasteiger partial charge is 0.213 e. The number of hydrogen-bond acceptors (Lipinski definition) is 4. The van der Waals surface area contributed by atoms with Crippen molar-refractivity contribution >= 4 is 15.9 Å². The Labute approximate surface area is 120 Å². The number of aliphatic hydroxyl groups excluding tert-OH is 1. The third-order valence-corrected chi connectivity index (χ3v) is 3.20. The number of nitrogens with zero attached hydrogens (tertiary/aromatic N) is 1. The summed E-state index contributed by atoms with van der Waals surface area (Å²) in [6.07, 6.45) is 0. The van der Waals surface area contributed by atoms with Crippen molar-refractivity contribution in [3.63, 3.8) is 0 Å². The number of ether oxygens (including phenoxy) is 2. The van der Waals surface area contributed by atoms with Crippen LogP contribution in [-0.4, -0.2) is 17.2 Å². The molecule has 0 radical (unpaired) electrons. The number of rotatable bonds is 5. The zero-order chi connectivity index (χ0) is 13.7. The summed E-state index contributed by atoms with van der Waals surface area (Å²) in [7, 11) is 1.57. The highest BCUT2D eigenvalue weighted by Crippen LogP contribution is 2.29. The average molecular weight is 324 g/mol. The Morgan fingerprint density at radius 3 is 2.74 bits per heavy atom. The minimum atomic E-state index is -0.0691. The molecule has 0 unspecified atom stereocenters. The van der Waals surface area contributed by atoms with Crippen molar-refractivity contribution < 1.29 is 14.6 Å². The number of methoxy groups -OCH3 is 1. The lowest BCUT2D eigenvalue weighted by atomic mass is 10.2. The van der Waals surface area contributed by atoms with Crippen LogP contribution >= 0.6 is 15.9 Å².